The number of amides is 1. The zero-order valence-corrected chi connectivity index (χ0v) is 19.5. The molecule has 178 valence electrons. The van der Waals surface area contributed by atoms with E-state index in [1.54, 1.807) is 18.7 Å². The number of carbonyl (C=O) groups excluding carboxylic acids is 1. The van der Waals surface area contributed by atoms with Crippen LogP contribution in [0, 0.1) is 10.1 Å². The zero-order chi connectivity index (χ0) is 24.0. The Balaban J connectivity index is 1.65. The first-order valence-electron chi connectivity index (χ1n) is 10.8. The fourth-order valence-electron chi connectivity index (χ4n) is 3.72. The smallest absolute Gasteiger partial charge is 0.312 e. The lowest BCUT2D eigenvalue weighted by Crippen LogP contribution is -2.50. The van der Waals surface area contributed by atoms with E-state index in [9.17, 15) is 23.3 Å². The van der Waals surface area contributed by atoms with Crippen LogP contribution in [0.1, 0.15) is 13.8 Å². The number of hydrogen-bond donors (Lipinski definition) is 0. The first-order chi connectivity index (χ1) is 15.8. The number of nitro groups is 1. The number of hydrogen-bond acceptors (Lipinski definition) is 7. The maximum absolute atomic E-state index is 12.7. The van der Waals surface area contributed by atoms with Crippen LogP contribution in [0.5, 0.6) is 5.75 Å². The summed E-state index contributed by atoms with van der Waals surface area (Å²) in [7, 11) is -3.86. The minimum atomic E-state index is -3.86. The van der Waals surface area contributed by atoms with Crippen LogP contribution in [0.25, 0.3) is 0 Å². The highest BCUT2D eigenvalue weighted by Crippen LogP contribution is 2.31. The van der Waals surface area contributed by atoms with Gasteiger partial charge < -0.3 is 14.5 Å². The molecule has 0 spiro atoms. The summed E-state index contributed by atoms with van der Waals surface area (Å²) >= 11 is 0. The lowest BCUT2D eigenvalue weighted by Gasteiger charge is -2.36. The van der Waals surface area contributed by atoms with Gasteiger partial charge in [0.15, 0.2) is 12.4 Å². The first kappa shape index (κ1) is 24.5. The van der Waals surface area contributed by atoms with Gasteiger partial charge in [0, 0.05) is 51.0 Å². The Kier molecular flexibility index (Phi) is 7.88. The summed E-state index contributed by atoms with van der Waals surface area (Å²) in [6, 6.07) is 13.4. The summed E-state index contributed by atoms with van der Waals surface area (Å²) in [6.07, 6.45) is 0. The second kappa shape index (κ2) is 10.6. The molecule has 1 fully saturated rings. The van der Waals surface area contributed by atoms with Gasteiger partial charge in [0.05, 0.1) is 9.82 Å². The second-order valence-electron chi connectivity index (χ2n) is 7.47. The molecule has 10 nitrogen and oxygen atoms in total. The summed E-state index contributed by atoms with van der Waals surface area (Å²) in [4.78, 5) is 27.1. The number of carbonyl (C=O) groups is 1. The fraction of sp³-hybridized carbons (Fsp3) is 0.409. The van der Waals surface area contributed by atoms with Gasteiger partial charge in [0.25, 0.3) is 5.91 Å². The second-order valence-corrected chi connectivity index (χ2v) is 9.41. The van der Waals surface area contributed by atoms with Crippen LogP contribution >= 0.6 is 0 Å². The van der Waals surface area contributed by atoms with Crippen molar-refractivity contribution in [2.45, 2.75) is 18.7 Å². The average Bonchev–Trinajstić information content (AvgIpc) is 2.83. The van der Waals surface area contributed by atoms with Gasteiger partial charge in [-0.3, -0.25) is 14.9 Å². The van der Waals surface area contributed by atoms with E-state index in [0.29, 0.717) is 26.2 Å². The largest absolute Gasteiger partial charge is 0.477 e. The minimum absolute atomic E-state index is 0.144. The van der Waals surface area contributed by atoms with Crippen LogP contribution in [0.15, 0.2) is 53.4 Å². The standard InChI is InChI=1S/C22H28N4O6S/c1-3-25(4-2)33(30,31)19-10-11-21(20(16-19)26(28)29)32-17-22(27)24-14-12-23(13-15-24)18-8-6-5-7-9-18/h5-11,16H,3-4,12-15,17H2,1-2H3. The van der Waals surface area contributed by atoms with Crippen molar-refractivity contribution in [3.63, 3.8) is 0 Å². The summed E-state index contributed by atoms with van der Waals surface area (Å²) in [5.41, 5.74) is 0.598. The number of benzene rings is 2. The minimum Gasteiger partial charge on any atom is -0.477 e. The number of para-hydroxylation sites is 1. The predicted octanol–water partition coefficient (Wildman–Crippen LogP) is 2.35. The molecule has 1 amide bonds. The van der Waals surface area contributed by atoms with Gasteiger partial charge in [-0.25, -0.2) is 8.42 Å². The number of sulfonamides is 1. The monoisotopic (exact) mass is 476 g/mol. The lowest BCUT2D eigenvalue weighted by molar-refractivity contribution is -0.386. The highest BCUT2D eigenvalue weighted by molar-refractivity contribution is 7.89. The normalized spacial score (nSPS) is 14.4. The lowest BCUT2D eigenvalue weighted by atomic mass is 10.2. The number of piperazine rings is 1. The molecule has 3 rings (SSSR count). The third-order valence-electron chi connectivity index (χ3n) is 5.58. The van der Waals surface area contributed by atoms with Crippen molar-refractivity contribution >= 4 is 27.3 Å². The van der Waals surface area contributed by atoms with Crippen LogP contribution < -0.4 is 9.64 Å². The van der Waals surface area contributed by atoms with E-state index in [-0.39, 0.29) is 36.2 Å². The van der Waals surface area contributed by atoms with Gasteiger partial charge in [-0.2, -0.15) is 4.31 Å². The molecule has 11 heteroatoms. The Morgan fingerprint density at radius 2 is 1.70 bits per heavy atom. The molecule has 33 heavy (non-hydrogen) atoms. The Labute approximate surface area is 193 Å². The van der Waals surface area contributed by atoms with Crippen molar-refractivity contribution in [1.82, 2.24) is 9.21 Å². The third-order valence-corrected chi connectivity index (χ3v) is 7.62. The highest BCUT2D eigenvalue weighted by Gasteiger charge is 2.27. The van der Waals surface area contributed by atoms with Crippen LogP contribution in [0.4, 0.5) is 11.4 Å². The van der Waals surface area contributed by atoms with Crippen LogP contribution in [-0.2, 0) is 14.8 Å². The predicted molar refractivity (Wildman–Crippen MR) is 124 cm³/mol. The van der Waals surface area contributed by atoms with Gasteiger partial charge in [0.2, 0.25) is 10.0 Å². The zero-order valence-electron chi connectivity index (χ0n) is 18.7. The van der Waals surface area contributed by atoms with E-state index < -0.39 is 20.6 Å². The van der Waals surface area contributed by atoms with Crippen LogP contribution in [0.3, 0.4) is 0 Å². The molecule has 1 saturated heterocycles. The quantitative estimate of drug-likeness (QED) is 0.403. The third kappa shape index (κ3) is 5.60. The van der Waals surface area contributed by atoms with Crippen molar-refractivity contribution in [3.8, 4) is 5.75 Å². The summed E-state index contributed by atoms with van der Waals surface area (Å²) < 4.78 is 32.0. The number of nitrogens with zero attached hydrogens (tertiary/aromatic N) is 4. The molecule has 0 aliphatic carbocycles. The molecule has 0 N–H and O–H groups in total. The molecule has 2 aromatic rings. The van der Waals surface area contributed by atoms with E-state index in [1.165, 1.54) is 16.4 Å². The summed E-state index contributed by atoms with van der Waals surface area (Å²) in [5, 5.41) is 11.5. The van der Waals surface area contributed by atoms with Crippen molar-refractivity contribution in [1.29, 1.82) is 0 Å². The van der Waals surface area contributed by atoms with E-state index in [2.05, 4.69) is 4.90 Å². The van der Waals surface area contributed by atoms with E-state index >= 15 is 0 Å². The molecule has 1 heterocycles. The molecule has 2 aromatic carbocycles. The number of nitro benzene ring substituents is 1. The van der Waals surface area contributed by atoms with Gasteiger partial charge in [-0.15, -0.1) is 0 Å². The fourth-order valence-corrected chi connectivity index (χ4v) is 5.20. The molecule has 0 aromatic heterocycles. The molecule has 0 saturated carbocycles. The van der Waals surface area contributed by atoms with Crippen molar-refractivity contribution in [3.05, 3.63) is 58.6 Å². The van der Waals surface area contributed by atoms with E-state index in [0.717, 1.165) is 11.8 Å². The summed E-state index contributed by atoms with van der Waals surface area (Å²) in [5.74, 6) is -0.424. The number of ether oxygens (including phenoxy) is 1. The molecule has 0 bridgehead atoms. The van der Waals surface area contributed by atoms with E-state index in [1.807, 2.05) is 30.3 Å². The molecule has 0 unspecified atom stereocenters. The molecule has 0 atom stereocenters. The van der Waals surface area contributed by atoms with Crippen LogP contribution in [-0.4, -0.2) is 74.3 Å². The molecule has 0 radical (unpaired) electrons. The van der Waals surface area contributed by atoms with Gasteiger partial charge in [-0.05, 0) is 24.3 Å². The maximum Gasteiger partial charge on any atom is 0.312 e. The van der Waals surface area contributed by atoms with Crippen molar-refractivity contribution < 1.29 is 22.9 Å². The highest BCUT2D eigenvalue weighted by atomic mass is 32.2. The Hall–Kier alpha value is -3.18. The van der Waals surface area contributed by atoms with Crippen LogP contribution in [0.2, 0.25) is 0 Å². The van der Waals surface area contributed by atoms with E-state index in [4.69, 9.17) is 4.74 Å². The molecule has 1 aliphatic rings. The molecular formula is C22H28N4O6S. The molecular weight excluding hydrogens is 448 g/mol. The number of rotatable bonds is 9. The van der Waals surface area contributed by atoms with Crippen molar-refractivity contribution in [2.75, 3.05) is 50.8 Å². The maximum atomic E-state index is 12.7. The van der Waals surface area contributed by atoms with Gasteiger partial charge in [-0.1, -0.05) is 32.0 Å². The average molecular weight is 477 g/mol. The van der Waals surface area contributed by atoms with Gasteiger partial charge in [0.1, 0.15) is 0 Å². The Bertz CT molecular complexity index is 1080. The van der Waals surface area contributed by atoms with Gasteiger partial charge >= 0.3 is 5.69 Å². The molecule has 1 aliphatic heterocycles. The SMILES string of the molecule is CCN(CC)S(=O)(=O)c1ccc(OCC(=O)N2CCN(c3ccccc3)CC2)c([N+](=O)[O-])c1. The Morgan fingerprint density at radius 3 is 2.27 bits per heavy atom. The Morgan fingerprint density at radius 1 is 1.06 bits per heavy atom. The summed E-state index contributed by atoms with van der Waals surface area (Å²) in [6.45, 7) is 5.89. The topological polar surface area (TPSA) is 113 Å². The van der Waals surface area contributed by atoms with Crippen molar-refractivity contribution in [2.24, 2.45) is 0 Å². The first-order valence-corrected chi connectivity index (χ1v) is 12.2. The number of anilines is 1.